The number of carbonyl (C=O) groups excluding carboxylic acids is 2. The van der Waals surface area contributed by atoms with E-state index in [0.29, 0.717) is 28.6 Å². The largest absolute Gasteiger partial charge is 0.372 e. The van der Waals surface area contributed by atoms with Gasteiger partial charge in [-0.15, -0.1) is 0 Å². The molecule has 116 valence electrons. The molecule has 5 heteroatoms. The number of halogens is 1. The molecule has 0 spiro atoms. The molecule has 0 bridgehead atoms. The average molecular weight is 372 g/mol. The molecule has 0 aromatic heterocycles. The molecule has 0 saturated carbocycles. The van der Waals surface area contributed by atoms with Gasteiger partial charge in [0.2, 0.25) is 0 Å². The van der Waals surface area contributed by atoms with Gasteiger partial charge in [-0.2, -0.15) is 0 Å². The second-order valence-electron chi connectivity index (χ2n) is 5.39. The standard InChI is InChI=1S/C18H14BrNO3/c1-12(11-21)18(23)15-9-14(19)7-8-16(15)20(17(18)22)10-13-5-3-2-4-6-13/h2-9,11,23H,1,10H2/t18-/m0/s1. The zero-order chi connectivity index (χ0) is 16.6. The number of hydrogen-bond donors (Lipinski definition) is 1. The van der Waals surface area contributed by atoms with Crippen molar-refractivity contribution in [1.29, 1.82) is 0 Å². The number of carbonyl (C=O) groups is 2. The molecule has 3 rings (SSSR count). The maximum Gasteiger partial charge on any atom is 0.268 e. The summed E-state index contributed by atoms with van der Waals surface area (Å²) in [6.45, 7) is 3.87. The number of anilines is 1. The molecule has 2 aromatic carbocycles. The number of fused-ring (bicyclic) bond motifs is 1. The maximum absolute atomic E-state index is 12.8. The minimum atomic E-state index is -2.02. The molecular weight excluding hydrogens is 358 g/mol. The van der Waals surface area contributed by atoms with Crippen LogP contribution in [0.3, 0.4) is 0 Å². The lowest BCUT2D eigenvalue weighted by atomic mass is 9.89. The Morgan fingerprint density at radius 1 is 1.26 bits per heavy atom. The van der Waals surface area contributed by atoms with Crippen LogP contribution in [0.2, 0.25) is 0 Å². The zero-order valence-corrected chi connectivity index (χ0v) is 13.8. The van der Waals surface area contributed by atoms with E-state index in [-0.39, 0.29) is 5.57 Å². The van der Waals surface area contributed by atoms with E-state index in [2.05, 4.69) is 22.5 Å². The molecule has 1 N–H and O–H groups in total. The highest BCUT2D eigenvalue weighted by atomic mass is 79.9. The molecule has 2 aromatic rings. The lowest BCUT2D eigenvalue weighted by Crippen LogP contribution is -2.41. The van der Waals surface area contributed by atoms with Gasteiger partial charge in [0, 0.05) is 15.6 Å². The highest BCUT2D eigenvalue weighted by Gasteiger charge is 2.51. The zero-order valence-electron chi connectivity index (χ0n) is 12.2. The molecule has 1 heterocycles. The van der Waals surface area contributed by atoms with E-state index < -0.39 is 11.5 Å². The summed E-state index contributed by atoms with van der Waals surface area (Å²) in [7, 11) is 0. The molecule has 0 aliphatic carbocycles. The Balaban J connectivity index is 2.12. The number of amides is 1. The molecule has 1 atom stereocenters. The van der Waals surface area contributed by atoms with Gasteiger partial charge in [0.25, 0.3) is 5.91 Å². The predicted molar refractivity (Wildman–Crippen MR) is 90.9 cm³/mol. The van der Waals surface area contributed by atoms with Crippen LogP contribution in [0.15, 0.2) is 65.2 Å². The first-order chi connectivity index (χ1) is 11.0. The summed E-state index contributed by atoms with van der Waals surface area (Å²) in [5, 5.41) is 10.9. The van der Waals surface area contributed by atoms with Crippen LogP contribution in [0.1, 0.15) is 11.1 Å². The Hall–Kier alpha value is -2.24. The quantitative estimate of drug-likeness (QED) is 0.663. The van der Waals surface area contributed by atoms with Crippen molar-refractivity contribution >= 4 is 33.8 Å². The fraction of sp³-hybridized carbons (Fsp3) is 0.111. The number of nitrogens with zero attached hydrogens (tertiary/aromatic N) is 1. The van der Waals surface area contributed by atoms with Crippen LogP contribution >= 0.6 is 15.9 Å². The molecule has 1 amide bonds. The third-order valence-corrected chi connectivity index (χ3v) is 4.48. The highest BCUT2D eigenvalue weighted by Crippen LogP contribution is 2.45. The Morgan fingerprint density at radius 3 is 2.61 bits per heavy atom. The van der Waals surface area contributed by atoms with E-state index in [4.69, 9.17) is 0 Å². The van der Waals surface area contributed by atoms with Crippen LogP contribution in [-0.2, 0) is 21.7 Å². The van der Waals surface area contributed by atoms with Gasteiger partial charge in [-0.05, 0) is 23.8 Å². The van der Waals surface area contributed by atoms with Crippen molar-refractivity contribution in [3.63, 3.8) is 0 Å². The molecule has 0 saturated heterocycles. The molecule has 1 aliphatic rings. The van der Waals surface area contributed by atoms with Gasteiger partial charge in [-0.1, -0.05) is 52.8 Å². The van der Waals surface area contributed by atoms with Gasteiger partial charge in [-0.25, -0.2) is 0 Å². The summed E-state index contributed by atoms with van der Waals surface area (Å²) in [6, 6.07) is 14.6. The molecular formula is C18H14BrNO3. The van der Waals surface area contributed by atoms with Crippen LogP contribution in [0.4, 0.5) is 5.69 Å². The molecule has 0 unspecified atom stereocenters. The fourth-order valence-electron chi connectivity index (χ4n) is 2.77. The normalized spacial score (nSPS) is 19.6. The Morgan fingerprint density at radius 2 is 1.96 bits per heavy atom. The number of aldehydes is 1. The second-order valence-corrected chi connectivity index (χ2v) is 6.31. The van der Waals surface area contributed by atoms with Crippen LogP contribution in [0, 0.1) is 0 Å². The van der Waals surface area contributed by atoms with Gasteiger partial charge < -0.3 is 10.0 Å². The van der Waals surface area contributed by atoms with E-state index in [1.54, 1.807) is 18.2 Å². The summed E-state index contributed by atoms with van der Waals surface area (Å²) in [5.41, 5.74) is -0.319. The summed E-state index contributed by atoms with van der Waals surface area (Å²) in [6.07, 6.45) is 0.425. The van der Waals surface area contributed by atoms with Crippen LogP contribution in [0.5, 0.6) is 0 Å². The van der Waals surface area contributed by atoms with Crippen molar-refractivity contribution in [3.8, 4) is 0 Å². The van der Waals surface area contributed by atoms with Gasteiger partial charge >= 0.3 is 0 Å². The minimum Gasteiger partial charge on any atom is -0.372 e. The first-order valence-corrected chi connectivity index (χ1v) is 7.80. The van der Waals surface area contributed by atoms with Crippen molar-refractivity contribution < 1.29 is 14.7 Å². The average Bonchev–Trinajstić information content (AvgIpc) is 2.78. The van der Waals surface area contributed by atoms with Crippen LogP contribution < -0.4 is 4.90 Å². The first-order valence-electron chi connectivity index (χ1n) is 7.01. The van der Waals surface area contributed by atoms with Crippen molar-refractivity contribution in [2.45, 2.75) is 12.1 Å². The van der Waals surface area contributed by atoms with E-state index >= 15 is 0 Å². The second kappa shape index (κ2) is 5.76. The topological polar surface area (TPSA) is 57.6 Å². The third-order valence-electron chi connectivity index (χ3n) is 3.98. The summed E-state index contributed by atoms with van der Waals surface area (Å²) >= 11 is 3.34. The lowest BCUT2D eigenvalue weighted by molar-refractivity contribution is -0.134. The van der Waals surface area contributed by atoms with Gasteiger partial charge in [0.05, 0.1) is 12.2 Å². The molecule has 1 aliphatic heterocycles. The highest BCUT2D eigenvalue weighted by molar-refractivity contribution is 9.10. The minimum absolute atomic E-state index is 0.169. The summed E-state index contributed by atoms with van der Waals surface area (Å²) < 4.78 is 0.711. The van der Waals surface area contributed by atoms with Crippen molar-refractivity contribution in [3.05, 3.63) is 76.3 Å². The molecule has 23 heavy (non-hydrogen) atoms. The number of rotatable bonds is 4. The Bertz CT molecular complexity index is 803. The van der Waals surface area contributed by atoms with E-state index in [1.807, 2.05) is 30.3 Å². The molecule has 4 nitrogen and oxygen atoms in total. The van der Waals surface area contributed by atoms with Crippen LogP contribution in [-0.4, -0.2) is 17.3 Å². The molecule has 0 fully saturated rings. The maximum atomic E-state index is 12.8. The first kappa shape index (κ1) is 15.6. The fourth-order valence-corrected chi connectivity index (χ4v) is 3.13. The van der Waals surface area contributed by atoms with Crippen molar-refractivity contribution in [2.75, 3.05) is 4.90 Å². The van der Waals surface area contributed by atoms with E-state index in [1.165, 1.54) is 4.90 Å². The number of benzene rings is 2. The predicted octanol–water partition coefficient (Wildman–Crippen LogP) is 2.94. The Labute approximate surface area is 142 Å². The lowest BCUT2D eigenvalue weighted by Gasteiger charge is -2.22. The summed E-state index contributed by atoms with van der Waals surface area (Å²) in [4.78, 5) is 25.5. The van der Waals surface area contributed by atoms with Gasteiger partial charge in [0.1, 0.15) is 6.29 Å². The monoisotopic (exact) mass is 371 g/mol. The van der Waals surface area contributed by atoms with Crippen molar-refractivity contribution in [2.24, 2.45) is 0 Å². The SMILES string of the molecule is C=C(C=O)[C@@]1(O)C(=O)N(Cc2ccccc2)c2ccc(Br)cc21. The van der Waals surface area contributed by atoms with Crippen LogP contribution in [0.25, 0.3) is 0 Å². The van der Waals surface area contributed by atoms with Crippen molar-refractivity contribution in [1.82, 2.24) is 0 Å². The smallest absolute Gasteiger partial charge is 0.268 e. The number of aliphatic hydroxyl groups is 1. The molecule has 0 radical (unpaired) electrons. The van der Waals surface area contributed by atoms with E-state index in [0.717, 1.165) is 5.56 Å². The Kier molecular flexibility index (Phi) is 3.92. The van der Waals surface area contributed by atoms with E-state index in [9.17, 15) is 14.7 Å². The summed E-state index contributed by atoms with van der Waals surface area (Å²) in [5.74, 6) is -0.563. The number of hydrogen-bond acceptors (Lipinski definition) is 3. The van der Waals surface area contributed by atoms with Gasteiger partial charge in [-0.3, -0.25) is 9.59 Å². The van der Waals surface area contributed by atoms with Gasteiger partial charge in [0.15, 0.2) is 5.60 Å². The third kappa shape index (κ3) is 2.42.